The Kier molecular flexibility index (Phi) is 6.20. The quantitative estimate of drug-likeness (QED) is 0.531. The number of hydrazone groups is 1. The van der Waals surface area contributed by atoms with Crippen molar-refractivity contribution in [1.82, 2.24) is 5.43 Å². The van der Waals surface area contributed by atoms with Gasteiger partial charge in [-0.2, -0.15) is 5.10 Å². The van der Waals surface area contributed by atoms with Crippen LogP contribution in [-0.4, -0.2) is 24.0 Å². The minimum Gasteiger partial charge on any atom is -0.503 e. The van der Waals surface area contributed by atoms with Gasteiger partial charge in [0.1, 0.15) is 0 Å². The molecule has 24 heavy (non-hydrogen) atoms. The standard InChI is InChI=1S/C17H18BrN3O3/c1-3-24-15-9-12(8-13(18)16(15)22)10-19-21-17(23)20-14-7-5-4-6-11(14)2/h4-10,22H,3H2,1-2H3,(H2,20,21,23)/b19-10-. The van der Waals surface area contributed by atoms with Gasteiger partial charge in [0.05, 0.1) is 17.3 Å². The van der Waals surface area contributed by atoms with Crippen molar-refractivity contribution in [3.05, 3.63) is 52.0 Å². The molecule has 0 aliphatic rings. The maximum atomic E-state index is 11.8. The number of nitrogens with zero attached hydrogens (tertiary/aromatic N) is 1. The number of urea groups is 1. The highest BCUT2D eigenvalue weighted by molar-refractivity contribution is 9.10. The van der Waals surface area contributed by atoms with E-state index in [0.717, 1.165) is 11.3 Å². The Morgan fingerprint density at radius 3 is 2.83 bits per heavy atom. The molecule has 0 saturated heterocycles. The highest BCUT2D eigenvalue weighted by Crippen LogP contribution is 2.35. The summed E-state index contributed by atoms with van der Waals surface area (Å²) >= 11 is 3.25. The molecule has 0 aromatic heterocycles. The molecule has 2 aromatic rings. The van der Waals surface area contributed by atoms with Gasteiger partial charge in [0.2, 0.25) is 0 Å². The van der Waals surface area contributed by atoms with E-state index in [1.807, 2.05) is 38.1 Å². The van der Waals surface area contributed by atoms with Crippen molar-refractivity contribution in [2.24, 2.45) is 5.10 Å². The van der Waals surface area contributed by atoms with Crippen LogP contribution >= 0.6 is 15.9 Å². The van der Waals surface area contributed by atoms with E-state index in [4.69, 9.17) is 4.74 Å². The van der Waals surface area contributed by atoms with E-state index < -0.39 is 6.03 Å². The van der Waals surface area contributed by atoms with E-state index >= 15 is 0 Å². The normalized spacial score (nSPS) is 10.6. The Bertz CT molecular complexity index is 763. The third-order valence-corrected chi connectivity index (χ3v) is 3.73. The maximum absolute atomic E-state index is 11.8. The second-order valence-corrected chi connectivity index (χ2v) is 5.78. The summed E-state index contributed by atoms with van der Waals surface area (Å²) in [6, 6.07) is 10.3. The first-order valence-corrected chi connectivity index (χ1v) is 8.11. The maximum Gasteiger partial charge on any atom is 0.339 e. The van der Waals surface area contributed by atoms with Gasteiger partial charge in [-0.25, -0.2) is 10.2 Å². The molecule has 6 nitrogen and oxygen atoms in total. The van der Waals surface area contributed by atoms with Gasteiger partial charge in [0, 0.05) is 5.69 Å². The summed E-state index contributed by atoms with van der Waals surface area (Å²) in [6.45, 7) is 4.16. The second-order valence-electron chi connectivity index (χ2n) is 4.92. The highest BCUT2D eigenvalue weighted by atomic mass is 79.9. The average molecular weight is 392 g/mol. The Morgan fingerprint density at radius 1 is 1.38 bits per heavy atom. The number of aromatic hydroxyl groups is 1. The summed E-state index contributed by atoms with van der Waals surface area (Å²) in [5.74, 6) is 0.372. The van der Waals surface area contributed by atoms with Crippen LogP contribution in [-0.2, 0) is 0 Å². The predicted octanol–water partition coefficient (Wildman–Crippen LogP) is 4.02. The van der Waals surface area contributed by atoms with E-state index in [9.17, 15) is 9.90 Å². The lowest BCUT2D eigenvalue weighted by Crippen LogP contribution is -2.24. The van der Waals surface area contributed by atoms with Gasteiger partial charge in [0.15, 0.2) is 11.5 Å². The Balaban J connectivity index is 2.01. The molecule has 0 unspecified atom stereocenters. The SMILES string of the molecule is CCOc1cc(/C=N\NC(=O)Nc2ccccc2C)cc(Br)c1O. The van der Waals surface area contributed by atoms with Crippen LogP contribution in [0.25, 0.3) is 0 Å². The molecule has 7 heteroatoms. The second kappa shape index (κ2) is 8.35. The van der Waals surface area contributed by atoms with Gasteiger partial charge in [-0.1, -0.05) is 18.2 Å². The number of ether oxygens (including phenoxy) is 1. The first-order valence-electron chi connectivity index (χ1n) is 7.32. The number of carbonyl (C=O) groups excluding carboxylic acids is 1. The Morgan fingerprint density at radius 2 is 2.12 bits per heavy atom. The number of amides is 2. The molecule has 0 radical (unpaired) electrons. The van der Waals surface area contributed by atoms with Crippen molar-refractivity contribution in [3.8, 4) is 11.5 Å². The van der Waals surface area contributed by atoms with Gasteiger partial charge < -0.3 is 15.2 Å². The smallest absolute Gasteiger partial charge is 0.339 e. The summed E-state index contributed by atoms with van der Waals surface area (Å²) in [4.78, 5) is 11.8. The molecule has 0 spiro atoms. The fourth-order valence-corrected chi connectivity index (χ4v) is 2.42. The molecule has 0 fully saturated rings. The van der Waals surface area contributed by atoms with E-state index in [0.29, 0.717) is 22.4 Å². The van der Waals surface area contributed by atoms with Gasteiger partial charge in [0.25, 0.3) is 0 Å². The number of hydrogen-bond donors (Lipinski definition) is 3. The Labute approximate surface area is 148 Å². The molecule has 2 amide bonds. The number of aryl methyl sites for hydroxylation is 1. The van der Waals surface area contributed by atoms with Crippen molar-refractivity contribution in [1.29, 1.82) is 0 Å². The van der Waals surface area contributed by atoms with E-state index in [-0.39, 0.29) is 5.75 Å². The zero-order valence-electron chi connectivity index (χ0n) is 13.3. The third-order valence-electron chi connectivity index (χ3n) is 3.12. The van der Waals surface area contributed by atoms with Crippen LogP contribution in [0.15, 0.2) is 46.0 Å². The number of hydrogen-bond acceptors (Lipinski definition) is 4. The van der Waals surface area contributed by atoms with Crippen molar-refractivity contribution < 1.29 is 14.6 Å². The zero-order valence-corrected chi connectivity index (χ0v) is 14.9. The van der Waals surface area contributed by atoms with Crippen molar-refractivity contribution in [2.45, 2.75) is 13.8 Å². The lowest BCUT2D eigenvalue weighted by molar-refractivity contribution is 0.252. The molecular formula is C17H18BrN3O3. The molecule has 2 aromatic carbocycles. The third kappa shape index (κ3) is 4.73. The molecular weight excluding hydrogens is 374 g/mol. The highest BCUT2D eigenvalue weighted by Gasteiger charge is 2.08. The number of para-hydroxylation sites is 1. The van der Waals surface area contributed by atoms with Crippen LogP contribution in [0.2, 0.25) is 0 Å². The number of anilines is 1. The molecule has 2 rings (SSSR count). The molecule has 0 heterocycles. The minimum absolute atomic E-state index is 0.0271. The van der Waals surface area contributed by atoms with Gasteiger partial charge >= 0.3 is 6.03 Å². The van der Waals surface area contributed by atoms with Crippen molar-refractivity contribution >= 4 is 33.9 Å². The van der Waals surface area contributed by atoms with Crippen LogP contribution < -0.4 is 15.5 Å². The molecule has 0 atom stereocenters. The number of phenols is 1. The van der Waals surface area contributed by atoms with Crippen LogP contribution in [0.1, 0.15) is 18.1 Å². The fourth-order valence-electron chi connectivity index (χ4n) is 1.96. The number of nitrogens with one attached hydrogen (secondary N) is 2. The number of phenolic OH excluding ortho intramolecular Hbond substituents is 1. The van der Waals surface area contributed by atoms with Gasteiger partial charge in [-0.3, -0.25) is 0 Å². The lowest BCUT2D eigenvalue weighted by atomic mass is 10.2. The van der Waals surface area contributed by atoms with E-state index in [1.165, 1.54) is 6.21 Å². The molecule has 3 N–H and O–H groups in total. The van der Waals surface area contributed by atoms with Gasteiger partial charge in [-0.15, -0.1) is 0 Å². The monoisotopic (exact) mass is 391 g/mol. The van der Waals surface area contributed by atoms with E-state index in [1.54, 1.807) is 12.1 Å². The molecule has 126 valence electrons. The summed E-state index contributed by atoms with van der Waals surface area (Å²) in [5, 5.41) is 16.5. The molecule has 0 aliphatic heterocycles. The summed E-state index contributed by atoms with van der Waals surface area (Å²) in [6.07, 6.45) is 1.46. The Hall–Kier alpha value is -2.54. The topological polar surface area (TPSA) is 83.0 Å². The van der Waals surface area contributed by atoms with Crippen molar-refractivity contribution in [3.63, 3.8) is 0 Å². The number of benzene rings is 2. The molecule has 0 bridgehead atoms. The summed E-state index contributed by atoms with van der Waals surface area (Å²) < 4.78 is 5.82. The fraction of sp³-hybridized carbons (Fsp3) is 0.176. The van der Waals surface area contributed by atoms with E-state index in [2.05, 4.69) is 31.8 Å². The predicted molar refractivity (Wildman–Crippen MR) is 97.9 cm³/mol. The average Bonchev–Trinajstić information content (AvgIpc) is 2.54. The van der Waals surface area contributed by atoms with Gasteiger partial charge in [-0.05, 0) is 59.1 Å². The zero-order chi connectivity index (χ0) is 17.5. The minimum atomic E-state index is -0.441. The van der Waals surface area contributed by atoms with Crippen molar-refractivity contribution in [2.75, 3.05) is 11.9 Å². The van der Waals surface area contributed by atoms with Crippen LogP contribution in [0, 0.1) is 6.92 Å². The molecule has 0 aliphatic carbocycles. The number of carbonyl (C=O) groups is 1. The summed E-state index contributed by atoms with van der Waals surface area (Å²) in [5.41, 5.74) is 4.74. The summed E-state index contributed by atoms with van der Waals surface area (Å²) in [7, 11) is 0. The first kappa shape index (κ1) is 17.8. The largest absolute Gasteiger partial charge is 0.503 e. The van der Waals surface area contributed by atoms with Crippen LogP contribution in [0.3, 0.4) is 0 Å². The molecule has 0 saturated carbocycles. The van der Waals surface area contributed by atoms with Crippen LogP contribution in [0.5, 0.6) is 11.5 Å². The number of rotatable bonds is 5. The van der Waals surface area contributed by atoms with Crippen LogP contribution in [0.4, 0.5) is 10.5 Å². The first-order chi connectivity index (χ1) is 11.5. The lowest BCUT2D eigenvalue weighted by Gasteiger charge is -2.08. The number of halogens is 1.